The molecule has 0 radical (unpaired) electrons. The second-order valence-corrected chi connectivity index (χ2v) is 10.6. The number of nitrogens with zero attached hydrogens (tertiary/aromatic N) is 6. The average Bonchev–Trinajstić information content (AvgIpc) is 3.32. The maximum absolute atomic E-state index is 12.4. The van der Waals surface area contributed by atoms with Crippen molar-refractivity contribution in [3.8, 4) is 11.8 Å². The number of nitriles is 1. The highest BCUT2D eigenvalue weighted by atomic mass is 16.6. The van der Waals surface area contributed by atoms with Crippen molar-refractivity contribution < 1.29 is 14.3 Å². The van der Waals surface area contributed by atoms with Crippen molar-refractivity contribution >= 4 is 22.9 Å². The number of hydrogen-bond donors (Lipinski definition) is 1. The minimum atomic E-state index is -0.523. The lowest BCUT2D eigenvalue weighted by Crippen LogP contribution is -2.42. The van der Waals surface area contributed by atoms with Gasteiger partial charge < -0.3 is 20.1 Å². The molecule has 0 spiro atoms. The van der Waals surface area contributed by atoms with Gasteiger partial charge in [0.2, 0.25) is 0 Å². The van der Waals surface area contributed by atoms with Gasteiger partial charge in [0.25, 0.3) is 0 Å². The number of aliphatic imine (C=N–C) groups is 1. The number of pyridine rings is 2. The number of amides is 1. The first-order valence-electron chi connectivity index (χ1n) is 13.0. The van der Waals surface area contributed by atoms with Crippen LogP contribution in [0.1, 0.15) is 70.4 Å². The van der Waals surface area contributed by atoms with Gasteiger partial charge in [-0.2, -0.15) is 10.4 Å². The van der Waals surface area contributed by atoms with Gasteiger partial charge in [-0.25, -0.2) is 9.31 Å². The predicted octanol–water partition coefficient (Wildman–Crippen LogP) is 4.90. The summed E-state index contributed by atoms with van der Waals surface area (Å²) >= 11 is 0. The van der Waals surface area contributed by atoms with Gasteiger partial charge in [0, 0.05) is 48.5 Å². The van der Waals surface area contributed by atoms with Gasteiger partial charge in [-0.15, -0.1) is 0 Å². The van der Waals surface area contributed by atoms with Gasteiger partial charge in [0.15, 0.2) is 0 Å². The molecule has 10 nitrogen and oxygen atoms in total. The number of rotatable bonds is 6. The van der Waals surface area contributed by atoms with Crippen LogP contribution in [0.25, 0.3) is 11.1 Å². The largest absolute Gasteiger partial charge is 0.482 e. The molecule has 0 aliphatic carbocycles. The monoisotopic (exact) mass is 529 g/mol. The molecule has 204 valence electrons. The van der Waals surface area contributed by atoms with Crippen molar-refractivity contribution in [1.82, 2.24) is 19.5 Å². The first-order valence-corrected chi connectivity index (χ1v) is 13.0. The smallest absolute Gasteiger partial charge is 0.410 e. The maximum Gasteiger partial charge on any atom is 0.410 e. The van der Waals surface area contributed by atoms with Crippen molar-refractivity contribution in [3.63, 3.8) is 0 Å². The van der Waals surface area contributed by atoms with E-state index in [0.29, 0.717) is 29.9 Å². The predicted molar refractivity (Wildman–Crippen MR) is 149 cm³/mol. The molecule has 0 unspecified atom stereocenters. The second-order valence-electron chi connectivity index (χ2n) is 10.6. The van der Waals surface area contributed by atoms with Crippen LogP contribution in [0.2, 0.25) is 0 Å². The van der Waals surface area contributed by atoms with E-state index in [2.05, 4.69) is 16.2 Å². The summed E-state index contributed by atoms with van der Waals surface area (Å²) < 4.78 is 13.4. The fraction of sp³-hybridized carbons (Fsp3) is 0.414. The standard InChI is InChI=1S/C29H35N7O3/c1-19(34-23-9-12-35(13-10-23)28(37)39-29(3,4)5)24(16-31)21-14-26(27-22(15-30)17-33-36(27)18-21)38-20(2)25-8-6-7-11-32-25/h6-8,11,14,16-18,20,23H,9-10,12-13,31H2,1-5H3/t20-/m1/s1. The Balaban J connectivity index is 1.57. The van der Waals surface area contributed by atoms with E-state index in [0.717, 1.165) is 35.4 Å². The third kappa shape index (κ3) is 6.55. The summed E-state index contributed by atoms with van der Waals surface area (Å²) in [5.74, 6) is 0.498. The molecular weight excluding hydrogens is 494 g/mol. The molecule has 0 bridgehead atoms. The molecule has 4 rings (SSSR count). The number of carbonyl (C=O) groups is 1. The number of ether oxygens (including phenoxy) is 2. The molecule has 3 aromatic heterocycles. The molecule has 1 aliphatic rings. The Morgan fingerprint density at radius 3 is 2.67 bits per heavy atom. The molecule has 1 atom stereocenters. The summed E-state index contributed by atoms with van der Waals surface area (Å²) in [4.78, 5) is 23.5. The molecule has 39 heavy (non-hydrogen) atoms. The molecule has 1 fully saturated rings. The lowest BCUT2D eigenvalue weighted by molar-refractivity contribution is 0.0207. The number of fused-ring (bicyclic) bond motifs is 1. The molecule has 4 heterocycles. The van der Waals surface area contributed by atoms with Crippen LogP contribution in [0.4, 0.5) is 4.79 Å². The van der Waals surface area contributed by atoms with Crippen LogP contribution in [0, 0.1) is 11.3 Å². The molecule has 3 aromatic rings. The summed E-state index contributed by atoms with van der Waals surface area (Å²) in [6.45, 7) is 10.6. The van der Waals surface area contributed by atoms with E-state index in [-0.39, 0.29) is 18.2 Å². The van der Waals surface area contributed by atoms with Crippen molar-refractivity contribution in [2.45, 2.75) is 65.2 Å². The maximum atomic E-state index is 12.4. The van der Waals surface area contributed by atoms with E-state index >= 15 is 0 Å². The summed E-state index contributed by atoms with van der Waals surface area (Å²) in [5, 5.41) is 14.0. The second kappa shape index (κ2) is 11.6. The fourth-order valence-corrected chi connectivity index (χ4v) is 4.54. The number of piperidine rings is 1. The molecule has 0 aromatic carbocycles. The quantitative estimate of drug-likeness (QED) is 0.449. The highest BCUT2D eigenvalue weighted by Crippen LogP contribution is 2.32. The van der Waals surface area contributed by atoms with E-state index in [1.807, 2.05) is 65.1 Å². The van der Waals surface area contributed by atoms with Crippen LogP contribution in [-0.4, -0.2) is 56.0 Å². The highest BCUT2D eigenvalue weighted by Gasteiger charge is 2.27. The Kier molecular flexibility index (Phi) is 8.19. The third-order valence-electron chi connectivity index (χ3n) is 6.47. The van der Waals surface area contributed by atoms with Crippen LogP contribution >= 0.6 is 0 Å². The summed E-state index contributed by atoms with van der Waals surface area (Å²) in [7, 11) is 0. The van der Waals surface area contributed by atoms with Crippen LogP contribution in [-0.2, 0) is 4.74 Å². The molecular formula is C29H35N7O3. The molecule has 2 N–H and O–H groups in total. The van der Waals surface area contributed by atoms with Crippen LogP contribution in [0.3, 0.4) is 0 Å². The van der Waals surface area contributed by atoms with Gasteiger partial charge in [0.1, 0.15) is 34.6 Å². The number of likely N-dealkylation sites (tertiary alicyclic amines) is 1. The number of hydrogen-bond acceptors (Lipinski definition) is 8. The van der Waals surface area contributed by atoms with Crippen molar-refractivity contribution in [2.75, 3.05) is 13.1 Å². The lowest BCUT2D eigenvalue weighted by Gasteiger charge is -2.32. The molecule has 1 amide bonds. The van der Waals surface area contributed by atoms with Crippen LogP contribution < -0.4 is 10.5 Å². The molecule has 1 saturated heterocycles. The van der Waals surface area contributed by atoms with E-state index in [1.54, 1.807) is 15.6 Å². The van der Waals surface area contributed by atoms with Crippen LogP contribution in [0.5, 0.6) is 5.75 Å². The Hall–Kier alpha value is -4.39. The number of carbonyl (C=O) groups excluding carboxylic acids is 1. The van der Waals surface area contributed by atoms with E-state index in [4.69, 9.17) is 20.2 Å². The van der Waals surface area contributed by atoms with Crippen molar-refractivity contribution in [3.05, 3.63) is 65.9 Å². The normalized spacial score (nSPS) is 16.2. The molecule has 10 heteroatoms. The van der Waals surface area contributed by atoms with Gasteiger partial charge in [-0.05, 0) is 65.7 Å². The zero-order valence-corrected chi connectivity index (χ0v) is 23.1. The Bertz CT molecular complexity index is 1420. The van der Waals surface area contributed by atoms with Gasteiger partial charge in [0.05, 0.1) is 17.9 Å². The first-order chi connectivity index (χ1) is 18.6. The van der Waals surface area contributed by atoms with Gasteiger partial charge in [-0.1, -0.05) is 6.07 Å². The zero-order chi connectivity index (χ0) is 28.2. The van der Waals surface area contributed by atoms with E-state index in [9.17, 15) is 10.1 Å². The fourth-order valence-electron chi connectivity index (χ4n) is 4.54. The molecule has 1 aliphatic heterocycles. The van der Waals surface area contributed by atoms with E-state index in [1.165, 1.54) is 12.4 Å². The summed E-state index contributed by atoms with van der Waals surface area (Å²) in [6, 6.07) is 9.75. The highest BCUT2D eigenvalue weighted by molar-refractivity contribution is 6.22. The SMILES string of the molecule is CC(=NC1CCN(C(=O)OC(C)(C)C)CC1)C(=CN)c1cc(O[C@H](C)c2ccccn2)c2c(C#N)cnn2c1. The van der Waals surface area contributed by atoms with Gasteiger partial charge in [-0.3, -0.25) is 9.98 Å². The van der Waals surface area contributed by atoms with E-state index < -0.39 is 5.60 Å². The Morgan fingerprint density at radius 1 is 1.31 bits per heavy atom. The van der Waals surface area contributed by atoms with Crippen LogP contribution in [0.15, 0.2) is 54.0 Å². The van der Waals surface area contributed by atoms with Crippen molar-refractivity contribution in [2.24, 2.45) is 10.7 Å². The topological polar surface area (TPSA) is 131 Å². The number of aromatic nitrogens is 3. The zero-order valence-electron chi connectivity index (χ0n) is 23.1. The molecule has 0 saturated carbocycles. The van der Waals surface area contributed by atoms with Crippen molar-refractivity contribution in [1.29, 1.82) is 5.26 Å². The summed E-state index contributed by atoms with van der Waals surface area (Å²) in [6.07, 6.45) is 7.38. The minimum Gasteiger partial charge on any atom is -0.482 e. The minimum absolute atomic E-state index is 0.0529. The van der Waals surface area contributed by atoms with Gasteiger partial charge >= 0.3 is 6.09 Å². The number of nitrogens with two attached hydrogens (primary N) is 1. The Morgan fingerprint density at radius 2 is 2.05 bits per heavy atom. The third-order valence-corrected chi connectivity index (χ3v) is 6.47. The lowest BCUT2D eigenvalue weighted by atomic mass is 10.0. The average molecular weight is 530 g/mol. The first kappa shape index (κ1) is 27.6. The number of allylic oxidation sites excluding steroid dienone is 1. The summed E-state index contributed by atoms with van der Waals surface area (Å²) in [5.41, 5.74) is 9.59. The Labute approximate surface area is 228 Å².